The van der Waals surface area contributed by atoms with Gasteiger partial charge in [-0.3, -0.25) is 4.79 Å². The number of rotatable bonds is 2. The molecule has 0 spiro atoms. The molecular weight excluding hydrogens is 388 g/mol. The fourth-order valence-electron chi connectivity index (χ4n) is 4.51. The minimum absolute atomic E-state index is 0.143. The molecule has 0 radical (unpaired) electrons. The maximum atomic E-state index is 13.1. The lowest BCUT2D eigenvalue weighted by Crippen LogP contribution is -2.40. The molecule has 3 heterocycles. The maximum Gasteiger partial charge on any atom is 0.328 e. The van der Waals surface area contributed by atoms with Gasteiger partial charge in [0, 0.05) is 24.0 Å². The van der Waals surface area contributed by atoms with Crippen molar-refractivity contribution in [2.45, 2.75) is 58.6 Å². The lowest BCUT2D eigenvalue weighted by molar-refractivity contribution is -0.145. The fraction of sp³-hybridized carbons (Fsp3) is 0.591. The van der Waals surface area contributed by atoms with Crippen LogP contribution in [0.5, 0.6) is 0 Å². The number of β-amino-alcohol motifs (C(OH)–C–C–N with tert-alkyl or cyclic N) is 1. The Hall–Kier alpha value is -1.99. The number of methoxy groups -OCH3 is 1. The Bertz CT molecular complexity index is 962. The number of thiophene rings is 1. The predicted molar refractivity (Wildman–Crippen MR) is 112 cm³/mol. The molecule has 0 aromatic carbocycles. The second-order valence-electron chi connectivity index (χ2n) is 9.29. The zero-order valence-corrected chi connectivity index (χ0v) is 18.2. The second kappa shape index (κ2) is 7.36. The van der Waals surface area contributed by atoms with Crippen molar-refractivity contribution in [3.63, 3.8) is 0 Å². The number of hydrogen-bond donors (Lipinski definition) is 1. The third kappa shape index (κ3) is 3.78. The van der Waals surface area contributed by atoms with Crippen molar-refractivity contribution < 1.29 is 19.4 Å². The van der Waals surface area contributed by atoms with Crippen molar-refractivity contribution in [1.82, 2.24) is 9.88 Å². The first-order valence-corrected chi connectivity index (χ1v) is 11.0. The Kier molecular flexibility index (Phi) is 5.15. The van der Waals surface area contributed by atoms with Crippen molar-refractivity contribution in [2.24, 2.45) is 11.3 Å². The first-order chi connectivity index (χ1) is 13.7. The standard InChI is InChI=1S/C22H28N2O4S/c1-22(2,3)14-5-6-16-12(8-14)7-13-9-18(29-19(13)23-16)20(26)24-11-15(25)10-17(24)21(27)28-4/h7,9,14-15,17,25H,5-6,8,10-11H2,1-4H3/t14?,15-,17?/m1/s1. The molecule has 1 aliphatic carbocycles. The van der Waals surface area contributed by atoms with Gasteiger partial charge in [0.2, 0.25) is 0 Å². The molecule has 156 valence electrons. The van der Waals surface area contributed by atoms with E-state index in [2.05, 4.69) is 26.8 Å². The van der Waals surface area contributed by atoms with Crippen LogP contribution in [0, 0.1) is 11.3 Å². The highest BCUT2D eigenvalue weighted by Crippen LogP contribution is 2.38. The van der Waals surface area contributed by atoms with E-state index >= 15 is 0 Å². The summed E-state index contributed by atoms with van der Waals surface area (Å²) in [6, 6.07) is 3.32. The van der Waals surface area contributed by atoms with Crippen LogP contribution < -0.4 is 0 Å². The summed E-state index contributed by atoms with van der Waals surface area (Å²) in [6.45, 7) is 7.01. The number of fused-ring (bicyclic) bond motifs is 2. The van der Waals surface area contributed by atoms with E-state index in [0.717, 1.165) is 35.2 Å². The van der Waals surface area contributed by atoms with Crippen molar-refractivity contribution in [3.8, 4) is 0 Å². The van der Waals surface area contributed by atoms with Gasteiger partial charge in [0.1, 0.15) is 10.9 Å². The highest BCUT2D eigenvalue weighted by molar-refractivity contribution is 7.20. The minimum Gasteiger partial charge on any atom is -0.467 e. The summed E-state index contributed by atoms with van der Waals surface area (Å²) in [7, 11) is 1.30. The molecule has 2 aromatic rings. The molecule has 4 rings (SSSR count). The SMILES string of the molecule is COC(=O)C1C[C@@H](O)CN1C(=O)c1cc2cc3c(nc2s1)CCC(C(C)(C)C)C3. The average Bonchev–Trinajstić information content (AvgIpc) is 3.26. The van der Waals surface area contributed by atoms with Gasteiger partial charge in [-0.2, -0.15) is 0 Å². The monoisotopic (exact) mass is 416 g/mol. The third-order valence-corrected chi connectivity index (χ3v) is 7.35. The van der Waals surface area contributed by atoms with Gasteiger partial charge in [-0.25, -0.2) is 9.78 Å². The Morgan fingerprint density at radius 2 is 2.07 bits per heavy atom. The summed E-state index contributed by atoms with van der Waals surface area (Å²) in [6.07, 6.45) is 2.63. The van der Waals surface area contributed by atoms with E-state index in [9.17, 15) is 14.7 Å². The van der Waals surface area contributed by atoms with Crippen molar-refractivity contribution in [2.75, 3.05) is 13.7 Å². The molecule has 2 unspecified atom stereocenters. The van der Waals surface area contributed by atoms with Crippen molar-refractivity contribution in [3.05, 3.63) is 28.3 Å². The molecule has 1 saturated heterocycles. The molecular formula is C22H28N2O4S. The van der Waals surface area contributed by atoms with Gasteiger partial charge >= 0.3 is 5.97 Å². The summed E-state index contributed by atoms with van der Waals surface area (Å²) in [5.74, 6) is -0.107. The molecule has 1 fully saturated rings. The number of esters is 1. The molecule has 2 aliphatic rings. The quantitative estimate of drug-likeness (QED) is 0.761. The summed E-state index contributed by atoms with van der Waals surface area (Å²) in [4.78, 5) is 32.8. The number of aliphatic hydroxyl groups excluding tert-OH is 1. The predicted octanol–water partition coefficient (Wildman–Crippen LogP) is 3.20. The molecule has 1 N–H and O–H groups in total. The van der Waals surface area contributed by atoms with Gasteiger partial charge in [0.05, 0.1) is 18.1 Å². The van der Waals surface area contributed by atoms with Crippen LogP contribution in [0.1, 0.15) is 54.5 Å². The maximum absolute atomic E-state index is 13.1. The molecule has 3 atom stereocenters. The topological polar surface area (TPSA) is 79.7 Å². The first-order valence-electron chi connectivity index (χ1n) is 10.2. The van der Waals surface area contributed by atoms with E-state index in [1.54, 1.807) is 0 Å². The molecule has 6 nitrogen and oxygen atoms in total. The van der Waals surface area contributed by atoms with Crippen LogP contribution in [0.3, 0.4) is 0 Å². The van der Waals surface area contributed by atoms with Gasteiger partial charge in [0.25, 0.3) is 5.91 Å². The number of aromatic nitrogens is 1. The summed E-state index contributed by atoms with van der Waals surface area (Å²) < 4.78 is 4.81. The van der Waals surface area contributed by atoms with Crippen LogP contribution in [-0.2, 0) is 22.4 Å². The average molecular weight is 417 g/mol. The van der Waals surface area contributed by atoms with Gasteiger partial charge in [-0.15, -0.1) is 11.3 Å². The van der Waals surface area contributed by atoms with E-state index in [1.165, 1.54) is 28.9 Å². The normalized spacial score (nSPS) is 24.6. The van der Waals surface area contributed by atoms with Crippen molar-refractivity contribution in [1.29, 1.82) is 0 Å². The number of aryl methyl sites for hydroxylation is 1. The van der Waals surface area contributed by atoms with Crippen LogP contribution in [0.25, 0.3) is 10.2 Å². The second-order valence-corrected chi connectivity index (χ2v) is 10.3. The van der Waals surface area contributed by atoms with Gasteiger partial charge in [0.15, 0.2) is 0 Å². The van der Waals surface area contributed by atoms with Crippen molar-refractivity contribution >= 4 is 33.4 Å². The van der Waals surface area contributed by atoms with Crippen LogP contribution >= 0.6 is 11.3 Å². The van der Waals surface area contributed by atoms with Gasteiger partial charge < -0.3 is 14.7 Å². The molecule has 29 heavy (non-hydrogen) atoms. The molecule has 1 amide bonds. The molecule has 0 bridgehead atoms. The number of nitrogens with zero attached hydrogens (tertiary/aromatic N) is 2. The number of amides is 1. The van der Waals surface area contributed by atoms with E-state index < -0.39 is 18.1 Å². The van der Waals surface area contributed by atoms with Gasteiger partial charge in [-0.1, -0.05) is 20.8 Å². The van der Waals surface area contributed by atoms with Crippen LogP contribution in [0.4, 0.5) is 0 Å². The fourth-order valence-corrected chi connectivity index (χ4v) is 5.50. The molecule has 7 heteroatoms. The Morgan fingerprint density at radius 1 is 1.31 bits per heavy atom. The summed E-state index contributed by atoms with van der Waals surface area (Å²) in [5, 5.41) is 10.9. The minimum atomic E-state index is -0.735. The van der Waals surface area contributed by atoms with E-state index in [0.29, 0.717) is 10.8 Å². The number of carbonyl (C=O) groups is 2. The molecule has 2 aromatic heterocycles. The lowest BCUT2D eigenvalue weighted by Gasteiger charge is -2.34. The van der Waals surface area contributed by atoms with E-state index in [-0.39, 0.29) is 24.3 Å². The molecule has 1 aliphatic heterocycles. The van der Waals surface area contributed by atoms with Crippen LogP contribution in [0.2, 0.25) is 0 Å². The zero-order chi connectivity index (χ0) is 20.9. The van der Waals surface area contributed by atoms with Crippen LogP contribution in [-0.4, -0.2) is 52.7 Å². The Balaban J connectivity index is 1.63. The Morgan fingerprint density at radius 3 is 2.76 bits per heavy atom. The number of hydrogen-bond acceptors (Lipinski definition) is 6. The zero-order valence-electron chi connectivity index (χ0n) is 17.4. The number of likely N-dealkylation sites (tertiary alicyclic amines) is 1. The number of ether oxygens (including phenoxy) is 1. The van der Waals surface area contributed by atoms with Crippen LogP contribution in [0.15, 0.2) is 12.1 Å². The summed E-state index contributed by atoms with van der Waals surface area (Å²) >= 11 is 1.36. The number of carbonyl (C=O) groups excluding carboxylic acids is 2. The molecule has 0 saturated carbocycles. The van der Waals surface area contributed by atoms with Gasteiger partial charge in [-0.05, 0) is 48.3 Å². The first kappa shape index (κ1) is 20.3. The largest absolute Gasteiger partial charge is 0.467 e. The smallest absolute Gasteiger partial charge is 0.328 e. The Labute approximate surface area is 174 Å². The highest BCUT2D eigenvalue weighted by Gasteiger charge is 2.40. The van der Waals surface area contributed by atoms with E-state index in [1.807, 2.05) is 6.07 Å². The van der Waals surface area contributed by atoms with E-state index in [4.69, 9.17) is 9.72 Å². The highest BCUT2D eigenvalue weighted by atomic mass is 32.1. The third-order valence-electron chi connectivity index (χ3n) is 6.32. The summed E-state index contributed by atoms with van der Waals surface area (Å²) in [5.41, 5.74) is 2.69. The lowest BCUT2D eigenvalue weighted by atomic mass is 9.71. The number of aliphatic hydroxyl groups is 1. The number of pyridine rings is 1.